The molecule has 0 unspecified atom stereocenters. The zero-order valence-electron chi connectivity index (χ0n) is 14.4. The van der Waals surface area contributed by atoms with Crippen molar-refractivity contribution in [3.8, 4) is 0 Å². The van der Waals surface area contributed by atoms with Crippen molar-refractivity contribution in [1.29, 1.82) is 0 Å². The van der Waals surface area contributed by atoms with Gasteiger partial charge in [0.15, 0.2) is 0 Å². The van der Waals surface area contributed by atoms with Crippen molar-refractivity contribution < 1.29 is 8.42 Å². The van der Waals surface area contributed by atoms with Gasteiger partial charge in [-0.15, -0.1) is 11.3 Å². The molecule has 2 aromatic carbocycles. The summed E-state index contributed by atoms with van der Waals surface area (Å²) in [5.74, 6) is 0. The molecule has 27 heavy (non-hydrogen) atoms. The maximum absolute atomic E-state index is 12.8. The lowest BCUT2D eigenvalue weighted by atomic mass is 10.2. The monoisotopic (exact) mass is 397 g/mol. The van der Waals surface area contributed by atoms with E-state index in [2.05, 4.69) is 10.1 Å². The molecule has 0 N–H and O–H groups in total. The molecule has 0 aliphatic rings. The minimum atomic E-state index is -3.64. The van der Waals surface area contributed by atoms with E-state index in [-0.39, 0.29) is 15.4 Å². The van der Waals surface area contributed by atoms with E-state index in [9.17, 15) is 13.2 Å². The maximum atomic E-state index is 12.8. The van der Waals surface area contributed by atoms with Gasteiger partial charge in [0.05, 0.1) is 32.9 Å². The normalized spacial score (nSPS) is 11.7. The van der Waals surface area contributed by atoms with Crippen LogP contribution in [-0.4, -0.2) is 23.2 Å². The Morgan fingerprint density at radius 3 is 2.52 bits per heavy atom. The first-order valence-corrected chi connectivity index (χ1v) is 10.5. The number of hydrogen-bond donors (Lipinski definition) is 0. The summed E-state index contributed by atoms with van der Waals surface area (Å²) >= 11 is 1.51. The molecule has 0 amide bonds. The fourth-order valence-corrected chi connectivity index (χ4v) is 4.90. The van der Waals surface area contributed by atoms with Gasteiger partial charge in [-0.05, 0) is 37.3 Å². The van der Waals surface area contributed by atoms with E-state index in [1.807, 2.05) is 6.92 Å². The third-order valence-electron chi connectivity index (χ3n) is 4.16. The van der Waals surface area contributed by atoms with Crippen molar-refractivity contribution in [1.82, 2.24) is 14.8 Å². The van der Waals surface area contributed by atoms with Crippen LogP contribution in [0.25, 0.3) is 10.8 Å². The van der Waals surface area contributed by atoms with Crippen molar-refractivity contribution in [2.45, 2.75) is 23.3 Å². The third-order valence-corrected chi connectivity index (χ3v) is 6.83. The second-order valence-electron chi connectivity index (χ2n) is 6.02. The van der Waals surface area contributed by atoms with Crippen molar-refractivity contribution in [3.05, 3.63) is 81.2 Å². The van der Waals surface area contributed by atoms with Crippen LogP contribution >= 0.6 is 11.3 Å². The van der Waals surface area contributed by atoms with Gasteiger partial charge in [-0.1, -0.05) is 18.2 Å². The lowest BCUT2D eigenvalue weighted by Gasteiger charge is -2.07. The highest BCUT2D eigenvalue weighted by molar-refractivity contribution is 7.91. The zero-order valence-corrected chi connectivity index (χ0v) is 16.0. The predicted molar refractivity (Wildman–Crippen MR) is 104 cm³/mol. The van der Waals surface area contributed by atoms with Crippen LogP contribution in [0.15, 0.2) is 75.5 Å². The molecule has 0 saturated heterocycles. The highest BCUT2D eigenvalue weighted by Gasteiger charge is 2.18. The van der Waals surface area contributed by atoms with E-state index < -0.39 is 9.84 Å². The van der Waals surface area contributed by atoms with Gasteiger partial charge in [0.1, 0.15) is 0 Å². The first kappa shape index (κ1) is 17.6. The molecule has 8 heteroatoms. The Kier molecular flexibility index (Phi) is 4.37. The van der Waals surface area contributed by atoms with Gasteiger partial charge in [0, 0.05) is 16.5 Å². The minimum absolute atomic E-state index is 0.137. The van der Waals surface area contributed by atoms with E-state index in [4.69, 9.17) is 0 Å². The average molecular weight is 397 g/mol. The predicted octanol–water partition coefficient (Wildman–Crippen LogP) is 3.04. The van der Waals surface area contributed by atoms with Gasteiger partial charge < -0.3 is 0 Å². The van der Waals surface area contributed by atoms with Crippen molar-refractivity contribution in [3.63, 3.8) is 0 Å². The number of nitrogens with zero attached hydrogens (tertiary/aromatic N) is 3. The van der Waals surface area contributed by atoms with Gasteiger partial charge in [-0.25, -0.2) is 18.1 Å². The molecule has 0 spiro atoms. The molecule has 6 nitrogen and oxygen atoms in total. The minimum Gasteiger partial charge on any atom is -0.267 e. The smallest absolute Gasteiger partial charge is 0.267 e. The SMILES string of the molecule is Cc1ncc(Cn2ncc3cc(S(=O)(=O)c4ccccc4)ccc3c2=O)s1. The Labute approximate surface area is 159 Å². The molecular weight excluding hydrogens is 382 g/mol. The van der Waals surface area contributed by atoms with Crippen molar-refractivity contribution in [2.75, 3.05) is 0 Å². The second-order valence-corrected chi connectivity index (χ2v) is 9.29. The van der Waals surface area contributed by atoms with Crippen LogP contribution in [0.5, 0.6) is 0 Å². The first-order chi connectivity index (χ1) is 12.9. The standard InChI is InChI=1S/C19H15N3O3S2/c1-13-20-11-15(26-13)12-22-19(23)18-8-7-17(9-14(18)10-21-22)27(24,25)16-5-3-2-4-6-16/h2-11H,12H2,1H3. The quantitative estimate of drug-likeness (QED) is 0.529. The molecule has 0 aliphatic carbocycles. The van der Waals surface area contributed by atoms with E-state index in [1.54, 1.807) is 42.6 Å². The maximum Gasteiger partial charge on any atom is 0.274 e. The van der Waals surface area contributed by atoms with Crippen LogP contribution in [0, 0.1) is 6.92 Å². The summed E-state index contributed by atoms with van der Waals surface area (Å²) in [4.78, 5) is 18.2. The summed E-state index contributed by atoms with van der Waals surface area (Å²) in [6, 6.07) is 12.7. The molecule has 2 heterocycles. The second kappa shape index (κ2) is 6.71. The fourth-order valence-electron chi connectivity index (χ4n) is 2.81. The lowest BCUT2D eigenvalue weighted by Crippen LogP contribution is -2.23. The summed E-state index contributed by atoms with van der Waals surface area (Å²) < 4.78 is 26.9. The average Bonchev–Trinajstić information content (AvgIpc) is 3.09. The Morgan fingerprint density at radius 1 is 1.04 bits per heavy atom. The van der Waals surface area contributed by atoms with Crippen LogP contribution < -0.4 is 5.56 Å². The molecule has 0 bridgehead atoms. The first-order valence-electron chi connectivity index (χ1n) is 8.16. The number of sulfone groups is 1. The molecular formula is C19H15N3O3S2. The molecule has 4 aromatic rings. The van der Waals surface area contributed by atoms with Gasteiger partial charge >= 0.3 is 0 Å². The number of aryl methyl sites for hydroxylation is 1. The lowest BCUT2D eigenvalue weighted by molar-refractivity contribution is 0.596. The molecule has 0 fully saturated rings. The number of fused-ring (bicyclic) bond motifs is 1. The van der Waals surface area contributed by atoms with Gasteiger partial charge in [-0.2, -0.15) is 5.10 Å². The Balaban J connectivity index is 1.76. The zero-order chi connectivity index (χ0) is 19.0. The Morgan fingerprint density at radius 2 is 1.81 bits per heavy atom. The van der Waals surface area contributed by atoms with E-state index >= 15 is 0 Å². The van der Waals surface area contributed by atoms with Crippen molar-refractivity contribution in [2.24, 2.45) is 0 Å². The van der Waals surface area contributed by atoms with Crippen LogP contribution in [0.4, 0.5) is 0 Å². The summed E-state index contributed by atoms with van der Waals surface area (Å²) in [6.07, 6.45) is 3.25. The number of thiazole rings is 1. The highest BCUT2D eigenvalue weighted by Crippen LogP contribution is 2.23. The van der Waals surface area contributed by atoms with Gasteiger partial charge in [-0.3, -0.25) is 4.79 Å². The molecule has 4 rings (SSSR count). The highest BCUT2D eigenvalue weighted by atomic mass is 32.2. The molecule has 0 aliphatic heterocycles. The summed E-state index contributed by atoms with van der Waals surface area (Å²) in [6.45, 7) is 2.24. The fraction of sp³-hybridized carbons (Fsp3) is 0.105. The summed E-state index contributed by atoms with van der Waals surface area (Å²) in [5, 5.41) is 6.04. The number of benzene rings is 2. The van der Waals surface area contributed by atoms with Crippen LogP contribution in [0.2, 0.25) is 0 Å². The summed E-state index contributed by atoms with van der Waals surface area (Å²) in [7, 11) is -3.64. The Hall–Kier alpha value is -2.84. The van der Waals surface area contributed by atoms with Gasteiger partial charge in [0.2, 0.25) is 9.84 Å². The molecule has 2 aromatic heterocycles. The molecule has 0 saturated carbocycles. The number of rotatable bonds is 4. The van der Waals surface area contributed by atoms with Crippen LogP contribution in [0.3, 0.4) is 0 Å². The molecule has 0 atom stereocenters. The van der Waals surface area contributed by atoms with Crippen LogP contribution in [0.1, 0.15) is 9.88 Å². The third kappa shape index (κ3) is 3.29. The molecule has 136 valence electrons. The van der Waals surface area contributed by atoms with E-state index in [0.29, 0.717) is 17.3 Å². The van der Waals surface area contributed by atoms with E-state index in [0.717, 1.165) is 9.88 Å². The Bertz CT molecular complexity index is 1290. The van der Waals surface area contributed by atoms with Crippen molar-refractivity contribution >= 4 is 31.9 Å². The number of aromatic nitrogens is 3. The molecule has 0 radical (unpaired) electrons. The van der Waals surface area contributed by atoms with Gasteiger partial charge in [0.25, 0.3) is 5.56 Å². The topological polar surface area (TPSA) is 81.9 Å². The summed E-state index contributed by atoms with van der Waals surface area (Å²) in [5.41, 5.74) is -0.262. The number of hydrogen-bond acceptors (Lipinski definition) is 6. The van der Waals surface area contributed by atoms with E-state index in [1.165, 1.54) is 34.3 Å². The largest absolute Gasteiger partial charge is 0.274 e. The van der Waals surface area contributed by atoms with Crippen LogP contribution in [-0.2, 0) is 16.4 Å².